The Morgan fingerprint density at radius 1 is 1.06 bits per heavy atom. The maximum atomic E-state index is 11.2. The lowest BCUT2D eigenvalue weighted by molar-refractivity contribution is -0.109. The quantitative estimate of drug-likeness (QED) is 0.750. The van der Waals surface area contributed by atoms with Crippen molar-refractivity contribution in [1.29, 1.82) is 0 Å². The van der Waals surface area contributed by atoms with Crippen molar-refractivity contribution < 1.29 is 4.79 Å². The van der Waals surface area contributed by atoms with Gasteiger partial charge in [0.2, 0.25) is 0 Å². The molecule has 0 fully saturated rings. The topological polar surface area (TPSA) is 17.1 Å². The minimum atomic E-state index is -0.112. The highest BCUT2D eigenvalue weighted by molar-refractivity contribution is 9.10. The van der Waals surface area contributed by atoms with Gasteiger partial charge in [-0.05, 0) is 41.8 Å². The molecule has 0 amide bonds. The molecule has 0 aliphatic heterocycles. The van der Waals surface area contributed by atoms with Gasteiger partial charge in [-0.2, -0.15) is 0 Å². The van der Waals surface area contributed by atoms with Crippen LogP contribution in [0.25, 0.3) is 0 Å². The van der Waals surface area contributed by atoms with E-state index in [1.165, 1.54) is 0 Å². The molecule has 2 aromatic carbocycles. The molecular formula is C15H12BrClO. The first-order chi connectivity index (χ1) is 8.69. The second-order valence-corrected chi connectivity index (χ2v) is 5.48. The Morgan fingerprint density at radius 2 is 1.67 bits per heavy atom. The molecule has 0 heterocycles. The van der Waals surface area contributed by atoms with E-state index in [9.17, 15) is 4.79 Å². The zero-order valence-corrected chi connectivity index (χ0v) is 12.0. The molecule has 2 aromatic rings. The summed E-state index contributed by atoms with van der Waals surface area (Å²) in [7, 11) is 0. The first-order valence-corrected chi connectivity index (χ1v) is 6.81. The van der Waals surface area contributed by atoms with Gasteiger partial charge in [0.25, 0.3) is 0 Å². The molecule has 0 spiro atoms. The monoisotopic (exact) mass is 322 g/mol. The van der Waals surface area contributed by atoms with Crippen molar-refractivity contribution in [2.45, 2.75) is 12.3 Å². The van der Waals surface area contributed by atoms with E-state index >= 15 is 0 Å². The van der Waals surface area contributed by atoms with E-state index in [1.54, 1.807) is 0 Å². The Hall–Kier alpha value is -1.12. The number of aldehydes is 1. The molecule has 1 nitrogen and oxygen atoms in total. The van der Waals surface area contributed by atoms with E-state index in [2.05, 4.69) is 15.9 Å². The molecule has 18 heavy (non-hydrogen) atoms. The van der Waals surface area contributed by atoms with Crippen molar-refractivity contribution in [3.05, 3.63) is 69.2 Å². The largest absolute Gasteiger partial charge is 0.303 e. The second kappa shape index (κ2) is 6.17. The van der Waals surface area contributed by atoms with Crippen molar-refractivity contribution in [2.24, 2.45) is 0 Å². The van der Waals surface area contributed by atoms with Crippen LogP contribution in [0, 0.1) is 0 Å². The Balaban J connectivity index is 2.16. The van der Waals surface area contributed by atoms with Crippen LogP contribution < -0.4 is 0 Å². The van der Waals surface area contributed by atoms with Gasteiger partial charge in [-0.1, -0.05) is 51.8 Å². The van der Waals surface area contributed by atoms with E-state index in [4.69, 9.17) is 11.6 Å². The molecule has 0 unspecified atom stereocenters. The first kappa shape index (κ1) is 13.3. The molecule has 0 aliphatic carbocycles. The number of carbonyl (C=O) groups is 1. The lowest BCUT2D eigenvalue weighted by Crippen LogP contribution is -2.04. The van der Waals surface area contributed by atoms with Gasteiger partial charge in [0, 0.05) is 15.4 Å². The van der Waals surface area contributed by atoms with E-state index in [1.807, 2.05) is 48.5 Å². The van der Waals surface area contributed by atoms with Gasteiger partial charge in [-0.25, -0.2) is 0 Å². The fourth-order valence-electron chi connectivity index (χ4n) is 1.83. The molecular weight excluding hydrogens is 312 g/mol. The minimum Gasteiger partial charge on any atom is -0.303 e. The highest BCUT2D eigenvalue weighted by atomic mass is 79.9. The van der Waals surface area contributed by atoms with E-state index in [-0.39, 0.29) is 5.92 Å². The molecule has 92 valence electrons. The number of benzene rings is 2. The third-order valence-corrected chi connectivity index (χ3v) is 3.61. The third-order valence-electron chi connectivity index (χ3n) is 2.83. The van der Waals surface area contributed by atoms with Crippen LogP contribution in [0.4, 0.5) is 0 Å². The van der Waals surface area contributed by atoms with Crippen LogP contribution in [0.5, 0.6) is 0 Å². The molecule has 0 saturated heterocycles. The maximum Gasteiger partial charge on any atom is 0.127 e. The minimum absolute atomic E-state index is 0.112. The standard InChI is InChI=1S/C15H12BrClO/c16-14-5-3-12(4-6-14)13(10-18)9-11-1-7-15(17)8-2-11/h1-8,10,13H,9H2/t13-/m0/s1. The van der Waals surface area contributed by atoms with Crippen molar-refractivity contribution in [3.8, 4) is 0 Å². The van der Waals surface area contributed by atoms with Crippen LogP contribution >= 0.6 is 27.5 Å². The average molecular weight is 324 g/mol. The zero-order chi connectivity index (χ0) is 13.0. The van der Waals surface area contributed by atoms with Crippen molar-refractivity contribution in [3.63, 3.8) is 0 Å². The predicted molar refractivity (Wildman–Crippen MR) is 78.1 cm³/mol. The van der Waals surface area contributed by atoms with Gasteiger partial charge in [0.1, 0.15) is 6.29 Å². The fourth-order valence-corrected chi connectivity index (χ4v) is 2.22. The maximum absolute atomic E-state index is 11.2. The van der Waals surface area contributed by atoms with Gasteiger partial charge < -0.3 is 4.79 Å². The fraction of sp³-hybridized carbons (Fsp3) is 0.133. The highest BCUT2D eigenvalue weighted by Gasteiger charge is 2.11. The highest BCUT2D eigenvalue weighted by Crippen LogP contribution is 2.22. The van der Waals surface area contributed by atoms with Gasteiger partial charge in [-0.15, -0.1) is 0 Å². The molecule has 0 saturated carbocycles. The van der Waals surface area contributed by atoms with E-state index in [0.29, 0.717) is 11.4 Å². The van der Waals surface area contributed by atoms with Gasteiger partial charge >= 0.3 is 0 Å². The summed E-state index contributed by atoms with van der Waals surface area (Å²) in [5, 5.41) is 0.713. The summed E-state index contributed by atoms with van der Waals surface area (Å²) < 4.78 is 1.02. The number of hydrogen-bond acceptors (Lipinski definition) is 1. The smallest absolute Gasteiger partial charge is 0.127 e. The van der Waals surface area contributed by atoms with E-state index in [0.717, 1.165) is 21.9 Å². The molecule has 0 aromatic heterocycles. The summed E-state index contributed by atoms with van der Waals surface area (Å²) in [5.41, 5.74) is 2.14. The van der Waals surface area contributed by atoms with Crippen LogP contribution in [0.2, 0.25) is 5.02 Å². The van der Waals surface area contributed by atoms with Crippen molar-refractivity contribution in [2.75, 3.05) is 0 Å². The Labute approximate surface area is 120 Å². The molecule has 3 heteroatoms. The molecule has 1 atom stereocenters. The number of carbonyl (C=O) groups excluding carboxylic acids is 1. The summed E-state index contributed by atoms with van der Waals surface area (Å²) in [6.45, 7) is 0. The van der Waals surface area contributed by atoms with Crippen LogP contribution in [0.3, 0.4) is 0 Å². The number of halogens is 2. The first-order valence-electron chi connectivity index (χ1n) is 5.64. The van der Waals surface area contributed by atoms with Crippen LogP contribution in [-0.4, -0.2) is 6.29 Å². The molecule has 2 rings (SSSR count). The zero-order valence-electron chi connectivity index (χ0n) is 9.64. The summed E-state index contributed by atoms with van der Waals surface area (Å²) in [6.07, 6.45) is 1.69. The lowest BCUT2D eigenvalue weighted by Gasteiger charge is -2.11. The van der Waals surface area contributed by atoms with Crippen LogP contribution in [0.15, 0.2) is 53.0 Å². The number of hydrogen-bond donors (Lipinski definition) is 0. The van der Waals surface area contributed by atoms with Crippen molar-refractivity contribution >= 4 is 33.8 Å². The third kappa shape index (κ3) is 3.44. The molecule has 0 bridgehead atoms. The van der Waals surface area contributed by atoms with Crippen LogP contribution in [0.1, 0.15) is 17.0 Å². The Morgan fingerprint density at radius 3 is 2.22 bits per heavy atom. The average Bonchev–Trinajstić information content (AvgIpc) is 2.39. The normalized spacial score (nSPS) is 12.1. The number of rotatable bonds is 4. The Bertz CT molecular complexity index is 519. The van der Waals surface area contributed by atoms with Crippen molar-refractivity contribution in [1.82, 2.24) is 0 Å². The lowest BCUT2D eigenvalue weighted by atomic mass is 9.93. The molecule has 0 N–H and O–H groups in total. The molecule has 0 aliphatic rings. The predicted octanol–water partition coefficient (Wildman–Crippen LogP) is 4.63. The van der Waals surface area contributed by atoms with Crippen LogP contribution in [-0.2, 0) is 11.2 Å². The SMILES string of the molecule is O=C[C@H](Cc1ccc(Cl)cc1)c1ccc(Br)cc1. The summed E-state index contributed by atoms with van der Waals surface area (Å²) in [6, 6.07) is 15.5. The second-order valence-electron chi connectivity index (χ2n) is 4.12. The van der Waals surface area contributed by atoms with E-state index < -0.39 is 0 Å². The summed E-state index contributed by atoms with van der Waals surface area (Å²) >= 11 is 9.23. The van der Waals surface area contributed by atoms with Gasteiger partial charge in [0.05, 0.1) is 0 Å². The molecule has 0 radical (unpaired) electrons. The summed E-state index contributed by atoms with van der Waals surface area (Å²) in [5.74, 6) is -0.112. The Kier molecular flexibility index (Phi) is 4.56. The summed E-state index contributed by atoms with van der Waals surface area (Å²) in [4.78, 5) is 11.2. The van der Waals surface area contributed by atoms with Gasteiger partial charge in [0.15, 0.2) is 0 Å². The van der Waals surface area contributed by atoms with Gasteiger partial charge in [-0.3, -0.25) is 0 Å².